The second kappa shape index (κ2) is 4.63. The number of ether oxygens (including phenoxy) is 1. The Hall–Kier alpha value is -1.39. The molecule has 0 aliphatic carbocycles. The van der Waals surface area contributed by atoms with Crippen LogP contribution < -0.4 is 4.74 Å². The van der Waals surface area contributed by atoms with Crippen LogP contribution in [-0.4, -0.2) is 35.7 Å². The Morgan fingerprint density at radius 2 is 2.25 bits per heavy atom. The van der Waals surface area contributed by atoms with Crippen molar-refractivity contribution in [3.05, 3.63) is 29.8 Å². The van der Waals surface area contributed by atoms with Gasteiger partial charge in [0.05, 0.1) is 12.6 Å². The van der Waals surface area contributed by atoms with Gasteiger partial charge in [0.15, 0.2) is 6.23 Å². The molecule has 1 aromatic carbocycles. The molecule has 1 aliphatic heterocycles. The molecule has 1 aromatic rings. The summed E-state index contributed by atoms with van der Waals surface area (Å²) in [7, 11) is 0. The maximum Gasteiger partial charge on any atom is 0.150 e. The van der Waals surface area contributed by atoms with Crippen molar-refractivity contribution in [3.63, 3.8) is 0 Å². The molecule has 0 fully saturated rings. The van der Waals surface area contributed by atoms with E-state index in [-0.39, 0.29) is 18.9 Å². The van der Waals surface area contributed by atoms with Gasteiger partial charge in [0, 0.05) is 12.1 Å². The Labute approximate surface area is 94.4 Å². The fraction of sp³-hybridized carbons (Fsp3) is 0.417. The van der Waals surface area contributed by atoms with Crippen molar-refractivity contribution >= 4 is 6.29 Å². The fourth-order valence-corrected chi connectivity index (χ4v) is 2.08. The number of fused-ring (bicyclic) bond motifs is 1. The molecule has 2 rings (SSSR count). The van der Waals surface area contributed by atoms with Gasteiger partial charge in [-0.05, 0) is 13.0 Å². The predicted molar refractivity (Wildman–Crippen MR) is 59.1 cm³/mol. The highest BCUT2D eigenvalue weighted by molar-refractivity contribution is 5.64. The molecule has 16 heavy (non-hydrogen) atoms. The van der Waals surface area contributed by atoms with Crippen LogP contribution in [0.4, 0.5) is 0 Å². The minimum absolute atomic E-state index is 0.0141. The standard InChI is InChI=1S/C12H15NO3/c1-9-13(6-7-14)11(8-15)10-4-2-3-5-12(10)16-9/h2-5,8-9,11,14H,6-7H2,1H3. The van der Waals surface area contributed by atoms with Crippen molar-refractivity contribution in [2.75, 3.05) is 13.2 Å². The zero-order valence-electron chi connectivity index (χ0n) is 9.17. The van der Waals surface area contributed by atoms with Crippen LogP contribution in [0, 0.1) is 0 Å². The van der Waals surface area contributed by atoms with E-state index in [1.807, 2.05) is 36.1 Å². The molecule has 4 heteroatoms. The van der Waals surface area contributed by atoms with Gasteiger partial charge in [-0.3, -0.25) is 4.90 Å². The topological polar surface area (TPSA) is 49.8 Å². The lowest BCUT2D eigenvalue weighted by Crippen LogP contribution is -2.45. The van der Waals surface area contributed by atoms with Gasteiger partial charge in [-0.15, -0.1) is 0 Å². The van der Waals surface area contributed by atoms with E-state index in [9.17, 15) is 4.79 Å². The van der Waals surface area contributed by atoms with Crippen molar-refractivity contribution < 1.29 is 14.6 Å². The molecule has 0 aromatic heterocycles. The second-order valence-electron chi connectivity index (χ2n) is 3.80. The highest BCUT2D eigenvalue weighted by Gasteiger charge is 2.32. The summed E-state index contributed by atoms with van der Waals surface area (Å²) >= 11 is 0. The number of nitrogens with zero attached hydrogens (tertiary/aromatic N) is 1. The third-order valence-corrected chi connectivity index (χ3v) is 2.85. The van der Waals surface area contributed by atoms with Crippen LogP contribution >= 0.6 is 0 Å². The molecule has 1 aliphatic rings. The Kier molecular flexibility index (Phi) is 3.22. The van der Waals surface area contributed by atoms with E-state index in [1.165, 1.54) is 0 Å². The number of para-hydroxylation sites is 1. The van der Waals surface area contributed by atoms with Crippen LogP contribution in [0.3, 0.4) is 0 Å². The molecule has 4 nitrogen and oxygen atoms in total. The summed E-state index contributed by atoms with van der Waals surface area (Å²) < 4.78 is 5.68. The summed E-state index contributed by atoms with van der Waals surface area (Å²) in [6, 6.07) is 7.18. The van der Waals surface area contributed by atoms with Gasteiger partial charge in [0.25, 0.3) is 0 Å². The van der Waals surface area contributed by atoms with Gasteiger partial charge in [-0.25, -0.2) is 0 Å². The van der Waals surface area contributed by atoms with Crippen molar-refractivity contribution in [1.82, 2.24) is 4.90 Å². The molecular weight excluding hydrogens is 206 g/mol. The molecular formula is C12H15NO3. The minimum Gasteiger partial charge on any atom is -0.475 e. The molecule has 1 heterocycles. The lowest BCUT2D eigenvalue weighted by atomic mass is 10.0. The first-order valence-corrected chi connectivity index (χ1v) is 5.35. The van der Waals surface area contributed by atoms with Crippen LogP contribution in [0.1, 0.15) is 18.5 Å². The third-order valence-electron chi connectivity index (χ3n) is 2.85. The molecule has 0 saturated heterocycles. The molecule has 0 spiro atoms. The number of hydrogen-bond acceptors (Lipinski definition) is 4. The van der Waals surface area contributed by atoms with E-state index in [0.29, 0.717) is 6.54 Å². The van der Waals surface area contributed by atoms with E-state index in [1.54, 1.807) is 0 Å². The summed E-state index contributed by atoms with van der Waals surface area (Å²) in [4.78, 5) is 13.0. The number of rotatable bonds is 3. The maximum atomic E-state index is 11.2. The molecule has 2 atom stereocenters. The average molecular weight is 221 g/mol. The SMILES string of the molecule is CC1Oc2ccccc2C(C=O)N1CCO. The number of carbonyl (C=O) groups is 1. The molecule has 0 bridgehead atoms. The zero-order chi connectivity index (χ0) is 11.5. The van der Waals surface area contributed by atoms with E-state index in [2.05, 4.69) is 0 Å². The lowest BCUT2D eigenvalue weighted by Gasteiger charge is -2.38. The van der Waals surface area contributed by atoms with Gasteiger partial charge < -0.3 is 14.6 Å². The largest absolute Gasteiger partial charge is 0.475 e. The summed E-state index contributed by atoms with van der Waals surface area (Å²) in [6.45, 7) is 2.32. The van der Waals surface area contributed by atoms with Crippen LogP contribution in [0.15, 0.2) is 24.3 Å². The van der Waals surface area contributed by atoms with Crippen molar-refractivity contribution in [3.8, 4) is 5.75 Å². The smallest absolute Gasteiger partial charge is 0.150 e. The molecule has 0 saturated carbocycles. The predicted octanol–water partition coefficient (Wildman–Crippen LogP) is 0.959. The van der Waals surface area contributed by atoms with E-state index in [0.717, 1.165) is 17.6 Å². The molecule has 0 amide bonds. The maximum absolute atomic E-state index is 11.2. The number of hydrogen-bond donors (Lipinski definition) is 1. The Balaban J connectivity index is 2.37. The van der Waals surface area contributed by atoms with Gasteiger partial charge in [0.1, 0.15) is 12.0 Å². The summed E-state index contributed by atoms with van der Waals surface area (Å²) in [6.07, 6.45) is 0.699. The normalized spacial score (nSPS) is 24.6. The summed E-state index contributed by atoms with van der Waals surface area (Å²) in [5, 5.41) is 8.98. The number of aldehydes is 1. The number of β-amino-alcohol motifs (C(OH)–C–C–N with tert-alkyl or cyclic N) is 1. The van der Waals surface area contributed by atoms with Gasteiger partial charge in [0.2, 0.25) is 0 Å². The molecule has 1 N–H and O–H groups in total. The Bertz CT molecular complexity index is 380. The number of aliphatic hydroxyl groups excluding tert-OH is 1. The monoisotopic (exact) mass is 221 g/mol. The van der Waals surface area contributed by atoms with Gasteiger partial charge in [-0.1, -0.05) is 18.2 Å². The molecule has 0 radical (unpaired) electrons. The minimum atomic E-state index is -0.327. The number of carbonyl (C=O) groups excluding carboxylic acids is 1. The number of aliphatic hydroxyl groups is 1. The average Bonchev–Trinajstić information content (AvgIpc) is 2.30. The molecule has 86 valence electrons. The van der Waals surface area contributed by atoms with Crippen molar-refractivity contribution in [2.24, 2.45) is 0 Å². The van der Waals surface area contributed by atoms with E-state index >= 15 is 0 Å². The van der Waals surface area contributed by atoms with E-state index < -0.39 is 0 Å². The third kappa shape index (κ3) is 1.81. The summed E-state index contributed by atoms with van der Waals surface area (Å²) in [5.41, 5.74) is 0.865. The van der Waals surface area contributed by atoms with Gasteiger partial charge in [-0.2, -0.15) is 0 Å². The van der Waals surface area contributed by atoms with Crippen molar-refractivity contribution in [1.29, 1.82) is 0 Å². The summed E-state index contributed by atoms with van der Waals surface area (Å²) in [5.74, 6) is 0.751. The highest BCUT2D eigenvalue weighted by Crippen LogP contribution is 2.34. The Morgan fingerprint density at radius 1 is 1.50 bits per heavy atom. The van der Waals surface area contributed by atoms with Crippen LogP contribution in [0.25, 0.3) is 0 Å². The Morgan fingerprint density at radius 3 is 2.94 bits per heavy atom. The second-order valence-corrected chi connectivity index (χ2v) is 3.80. The van der Waals surface area contributed by atoms with Gasteiger partial charge >= 0.3 is 0 Å². The highest BCUT2D eigenvalue weighted by atomic mass is 16.5. The fourth-order valence-electron chi connectivity index (χ4n) is 2.08. The van der Waals surface area contributed by atoms with E-state index in [4.69, 9.17) is 9.84 Å². The van der Waals surface area contributed by atoms with Crippen LogP contribution in [0.5, 0.6) is 5.75 Å². The van der Waals surface area contributed by atoms with Crippen LogP contribution in [0.2, 0.25) is 0 Å². The van der Waals surface area contributed by atoms with Crippen LogP contribution in [-0.2, 0) is 4.79 Å². The van der Waals surface area contributed by atoms with Crippen molar-refractivity contribution in [2.45, 2.75) is 19.2 Å². The quantitative estimate of drug-likeness (QED) is 0.772. The zero-order valence-corrected chi connectivity index (χ0v) is 9.17. The molecule has 2 unspecified atom stereocenters. The first-order chi connectivity index (χ1) is 7.77. The first kappa shape index (κ1) is 11.1. The lowest BCUT2D eigenvalue weighted by molar-refractivity contribution is -0.118. The number of benzene rings is 1. The first-order valence-electron chi connectivity index (χ1n) is 5.35.